The summed E-state index contributed by atoms with van der Waals surface area (Å²) in [6.07, 6.45) is 0.207. The van der Waals surface area contributed by atoms with Crippen molar-refractivity contribution in [2.75, 3.05) is 13.2 Å². The van der Waals surface area contributed by atoms with E-state index in [1.807, 2.05) is 0 Å². The third kappa shape index (κ3) is 3.24. The zero-order chi connectivity index (χ0) is 16.3. The van der Waals surface area contributed by atoms with Crippen molar-refractivity contribution in [3.05, 3.63) is 39.4 Å². The zero-order valence-corrected chi connectivity index (χ0v) is 12.6. The Morgan fingerprint density at radius 3 is 2.77 bits per heavy atom. The van der Waals surface area contributed by atoms with Gasteiger partial charge in [0.1, 0.15) is 5.78 Å². The highest BCUT2D eigenvalue weighted by Crippen LogP contribution is 2.35. The Kier molecular flexibility index (Phi) is 4.75. The number of nitro groups is 1. The van der Waals surface area contributed by atoms with E-state index in [9.17, 15) is 19.7 Å². The van der Waals surface area contributed by atoms with E-state index in [1.165, 1.54) is 24.0 Å². The van der Waals surface area contributed by atoms with Crippen molar-refractivity contribution in [3.63, 3.8) is 0 Å². The summed E-state index contributed by atoms with van der Waals surface area (Å²) in [5, 5.41) is 11.0. The van der Waals surface area contributed by atoms with Gasteiger partial charge in [0, 0.05) is 25.1 Å². The normalized spacial score (nSPS) is 16.8. The Labute approximate surface area is 128 Å². The topological polar surface area (TPSA) is 89.8 Å². The molecular formula is C15H18N2O5. The van der Waals surface area contributed by atoms with Gasteiger partial charge in [0.2, 0.25) is 0 Å². The minimum absolute atomic E-state index is 0.0435. The van der Waals surface area contributed by atoms with Crippen LogP contribution in [0.1, 0.15) is 37.4 Å². The number of fused-ring (bicyclic) bond motifs is 1. The minimum Gasteiger partial charge on any atom is -0.450 e. The first-order chi connectivity index (χ1) is 10.4. The molecule has 0 bridgehead atoms. The van der Waals surface area contributed by atoms with Gasteiger partial charge in [-0.25, -0.2) is 4.79 Å². The number of amides is 1. The number of benzene rings is 1. The van der Waals surface area contributed by atoms with E-state index in [-0.39, 0.29) is 24.5 Å². The number of carbonyl (C=O) groups excluding carboxylic acids is 2. The number of rotatable bonds is 4. The van der Waals surface area contributed by atoms with Crippen LogP contribution in [-0.2, 0) is 16.0 Å². The van der Waals surface area contributed by atoms with E-state index in [4.69, 9.17) is 4.74 Å². The first-order valence-corrected chi connectivity index (χ1v) is 7.14. The summed E-state index contributed by atoms with van der Waals surface area (Å²) in [5.74, 6) is -0.0846. The second-order valence-corrected chi connectivity index (χ2v) is 5.20. The van der Waals surface area contributed by atoms with E-state index in [1.54, 1.807) is 13.0 Å². The summed E-state index contributed by atoms with van der Waals surface area (Å²) >= 11 is 0. The van der Waals surface area contributed by atoms with Gasteiger partial charge in [-0.2, -0.15) is 0 Å². The average molecular weight is 306 g/mol. The van der Waals surface area contributed by atoms with Gasteiger partial charge < -0.3 is 9.64 Å². The number of Topliss-reactive ketones (excluding diaryl/α,β-unsaturated/α-hetero) is 1. The van der Waals surface area contributed by atoms with Crippen molar-refractivity contribution in [2.45, 2.75) is 32.7 Å². The number of hydrogen-bond acceptors (Lipinski definition) is 5. The molecule has 0 saturated carbocycles. The summed E-state index contributed by atoms with van der Waals surface area (Å²) in [7, 11) is 0. The molecule has 7 heteroatoms. The molecule has 118 valence electrons. The largest absolute Gasteiger partial charge is 0.450 e. The van der Waals surface area contributed by atoms with Crippen LogP contribution < -0.4 is 0 Å². The summed E-state index contributed by atoms with van der Waals surface area (Å²) in [6.45, 7) is 3.82. The van der Waals surface area contributed by atoms with Crippen LogP contribution in [0.2, 0.25) is 0 Å². The molecule has 1 aromatic rings. The van der Waals surface area contributed by atoms with Crippen LogP contribution in [0.25, 0.3) is 0 Å². The van der Waals surface area contributed by atoms with Gasteiger partial charge in [0.25, 0.3) is 5.69 Å². The first-order valence-electron chi connectivity index (χ1n) is 7.14. The summed E-state index contributed by atoms with van der Waals surface area (Å²) in [5.41, 5.74) is 1.54. The summed E-state index contributed by atoms with van der Waals surface area (Å²) < 4.78 is 5.03. The summed E-state index contributed by atoms with van der Waals surface area (Å²) in [4.78, 5) is 35.6. The van der Waals surface area contributed by atoms with Crippen molar-refractivity contribution in [1.82, 2.24) is 4.90 Å². The van der Waals surface area contributed by atoms with E-state index in [0.717, 1.165) is 5.56 Å². The summed E-state index contributed by atoms with van der Waals surface area (Å²) in [6, 6.07) is 4.08. The lowest BCUT2D eigenvalue weighted by molar-refractivity contribution is -0.385. The fraction of sp³-hybridized carbons (Fsp3) is 0.467. The highest BCUT2D eigenvalue weighted by atomic mass is 16.6. The molecule has 0 aliphatic carbocycles. The second kappa shape index (κ2) is 6.55. The van der Waals surface area contributed by atoms with Crippen LogP contribution >= 0.6 is 0 Å². The molecule has 1 unspecified atom stereocenters. The Hall–Kier alpha value is -2.44. The first kappa shape index (κ1) is 15.9. The zero-order valence-electron chi connectivity index (χ0n) is 12.6. The van der Waals surface area contributed by atoms with Crippen LogP contribution in [0.3, 0.4) is 0 Å². The lowest BCUT2D eigenvalue weighted by Crippen LogP contribution is -2.41. The molecule has 1 atom stereocenters. The fourth-order valence-electron chi connectivity index (χ4n) is 2.72. The van der Waals surface area contributed by atoms with Crippen LogP contribution in [0.15, 0.2) is 18.2 Å². The number of hydrogen-bond donors (Lipinski definition) is 0. The van der Waals surface area contributed by atoms with Gasteiger partial charge in [-0.15, -0.1) is 0 Å². The highest BCUT2D eigenvalue weighted by Gasteiger charge is 2.33. The monoisotopic (exact) mass is 306 g/mol. The molecule has 7 nitrogen and oxygen atoms in total. The maximum absolute atomic E-state index is 12.1. The molecule has 0 fully saturated rings. The quantitative estimate of drug-likeness (QED) is 0.630. The number of non-ortho nitro benzene ring substituents is 1. The van der Waals surface area contributed by atoms with Gasteiger partial charge in [0.05, 0.1) is 17.6 Å². The molecule has 0 saturated heterocycles. The fourth-order valence-corrected chi connectivity index (χ4v) is 2.72. The van der Waals surface area contributed by atoms with Crippen molar-refractivity contribution in [3.8, 4) is 0 Å². The van der Waals surface area contributed by atoms with Crippen LogP contribution in [0, 0.1) is 10.1 Å². The molecule has 1 amide bonds. The third-order valence-corrected chi connectivity index (χ3v) is 3.68. The van der Waals surface area contributed by atoms with Crippen molar-refractivity contribution in [1.29, 1.82) is 0 Å². The maximum atomic E-state index is 12.1. The Morgan fingerprint density at radius 1 is 1.45 bits per heavy atom. The number of nitrogens with zero attached hydrogens (tertiary/aromatic N) is 2. The van der Waals surface area contributed by atoms with E-state index >= 15 is 0 Å². The Balaban J connectivity index is 2.43. The van der Waals surface area contributed by atoms with Crippen LogP contribution in [-0.4, -0.2) is 34.9 Å². The van der Waals surface area contributed by atoms with Crippen molar-refractivity contribution in [2.24, 2.45) is 0 Å². The molecule has 2 rings (SSSR count). The number of carbonyl (C=O) groups is 2. The van der Waals surface area contributed by atoms with E-state index < -0.39 is 17.1 Å². The highest BCUT2D eigenvalue weighted by molar-refractivity contribution is 5.78. The lowest BCUT2D eigenvalue weighted by atomic mass is 9.89. The Bertz CT molecular complexity index is 614. The van der Waals surface area contributed by atoms with Gasteiger partial charge >= 0.3 is 6.09 Å². The van der Waals surface area contributed by atoms with Gasteiger partial charge in [-0.05, 0) is 31.4 Å². The average Bonchev–Trinajstić information content (AvgIpc) is 2.46. The number of ether oxygens (including phenoxy) is 1. The molecule has 1 heterocycles. The molecule has 0 radical (unpaired) electrons. The molecule has 0 spiro atoms. The molecule has 0 N–H and O–H groups in total. The predicted octanol–water partition coefficient (Wildman–Crippen LogP) is 2.63. The van der Waals surface area contributed by atoms with Gasteiger partial charge in [-0.3, -0.25) is 14.9 Å². The third-order valence-electron chi connectivity index (χ3n) is 3.68. The van der Waals surface area contributed by atoms with E-state index in [2.05, 4.69) is 0 Å². The van der Waals surface area contributed by atoms with Crippen LogP contribution in [0.5, 0.6) is 0 Å². The van der Waals surface area contributed by atoms with Gasteiger partial charge in [-0.1, -0.05) is 6.07 Å². The second-order valence-electron chi connectivity index (χ2n) is 5.20. The van der Waals surface area contributed by atoms with Crippen molar-refractivity contribution >= 4 is 17.6 Å². The predicted molar refractivity (Wildman–Crippen MR) is 78.6 cm³/mol. The maximum Gasteiger partial charge on any atom is 0.410 e. The standard InChI is InChI=1S/C15H18N2O5/c1-3-22-15(19)16-7-6-11-4-5-12(17(20)21)9-13(11)14(16)8-10(2)18/h4-5,9,14H,3,6-8H2,1-2H3. The molecular weight excluding hydrogens is 288 g/mol. The van der Waals surface area contributed by atoms with Crippen molar-refractivity contribution < 1.29 is 19.2 Å². The lowest BCUT2D eigenvalue weighted by Gasteiger charge is -2.36. The minimum atomic E-state index is -0.514. The number of ketones is 1. The van der Waals surface area contributed by atoms with Gasteiger partial charge in [0.15, 0.2) is 0 Å². The molecule has 1 aromatic carbocycles. The molecule has 1 aliphatic rings. The number of nitro benzene ring substituents is 1. The SMILES string of the molecule is CCOC(=O)N1CCc2ccc([N+](=O)[O-])cc2C1CC(C)=O. The van der Waals surface area contributed by atoms with E-state index in [0.29, 0.717) is 18.5 Å². The van der Waals surface area contributed by atoms with Crippen LogP contribution in [0.4, 0.5) is 10.5 Å². The Morgan fingerprint density at radius 2 is 2.18 bits per heavy atom. The smallest absolute Gasteiger partial charge is 0.410 e. The molecule has 22 heavy (non-hydrogen) atoms. The molecule has 1 aliphatic heterocycles. The molecule has 0 aromatic heterocycles.